The topological polar surface area (TPSA) is 170 Å². The lowest BCUT2D eigenvalue weighted by Gasteiger charge is -2.27. The van der Waals surface area contributed by atoms with Gasteiger partial charge in [-0.1, -0.05) is 12.1 Å². The zero-order valence-corrected chi connectivity index (χ0v) is 15.8. The third kappa shape index (κ3) is 6.18. The van der Waals surface area contributed by atoms with Crippen LogP contribution in [0.2, 0.25) is 0 Å². The number of amides is 2. The van der Waals surface area contributed by atoms with Gasteiger partial charge in [0.2, 0.25) is 11.8 Å². The van der Waals surface area contributed by atoms with Gasteiger partial charge in [-0.05, 0) is 43.4 Å². The average Bonchev–Trinajstić information content (AvgIpc) is 3.15. The zero-order chi connectivity index (χ0) is 21.6. The second kappa shape index (κ2) is 9.87. The summed E-state index contributed by atoms with van der Waals surface area (Å²) < 4.78 is 0. The lowest BCUT2D eigenvalue weighted by atomic mass is 10.0. The molecule has 3 atom stereocenters. The summed E-state index contributed by atoms with van der Waals surface area (Å²) in [5.41, 5.74) is 6.77. The van der Waals surface area contributed by atoms with E-state index in [4.69, 9.17) is 10.8 Å². The number of hydrogen-bond donors (Lipinski definition) is 5. The lowest BCUT2D eigenvalue weighted by molar-refractivity contribution is -0.144. The van der Waals surface area contributed by atoms with Crippen LogP contribution in [-0.2, 0) is 25.6 Å². The quantitative estimate of drug-likeness (QED) is 0.371. The number of nitrogens with two attached hydrogens (primary N) is 1. The molecule has 2 amide bonds. The number of aromatic hydroxyl groups is 1. The number of nitrogens with zero attached hydrogens (tertiary/aromatic N) is 1. The van der Waals surface area contributed by atoms with E-state index in [0.717, 1.165) is 5.56 Å². The Balaban J connectivity index is 2.00. The predicted molar refractivity (Wildman–Crippen MR) is 101 cm³/mol. The average molecular weight is 407 g/mol. The highest BCUT2D eigenvalue weighted by atomic mass is 16.4. The van der Waals surface area contributed by atoms with Crippen molar-refractivity contribution in [1.29, 1.82) is 0 Å². The molecule has 0 saturated carbocycles. The Morgan fingerprint density at radius 2 is 1.83 bits per heavy atom. The molecular formula is C19H25N3O7. The summed E-state index contributed by atoms with van der Waals surface area (Å²) in [4.78, 5) is 48.6. The van der Waals surface area contributed by atoms with Crippen molar-refractivity contribution < 1.29 is 34.5 Å². The molecule has 0 aromatic heterocycles. The molecule has 2 rings (SSSR count). The molecule has 1 aliphatic heterocycles. The fourth-order valence-corrected chi connectivity index (χ4v) is 3.28. The van der Waals surface area contributed by atoms with Crippen LogP contribution < -0.4 is 11.1 Å². The molecule has 0 aliphatic carbocycles. The molecule has 1 saturated heterocycles. The van der Waals surface area contributed by atoms with Crippen molar-refractivity contribution in [3.8, 4) is 5.75 Å². The fourth-order valence-electron chi connectivity index (χ4n) is 3.28. The fraction of sp³-hybridized carbons (Fsp3) is 0.474. The Bertz CT molecular complexity index is 766. The SMILES string of the molecule is NC(Cc1ccc(O)cc1)C(=O)N1CCCC1C(=O)NC(CCC(=O)O)C(=O)O. The smallest absolute Gasteiger partial charge is 0.326 e. The van der Waals surface area contributed by atoms with Gasteiger partial charge in [-0.3, -0.25) is 14.4 Å². The maximum Gasteiger partial charge on any atom is 0.326 e. The molecule has 1 aromatic carbocycles. The van der Waals surface area contributed by atoms with Crippen molar-refractivity contribution in [3.05, 3.63) is 29.8 Å². The van der Waals surface area contributed by atoms with Crippen LogP contribution in [0.3, 0.4) is 0 Å². The zero-order valence-electron chi connectivity index (χ0n) is 15.8. The van der Waals surface area contributed by atoms with E-state index in [1.165, 1.54) is 17.0 Å². The van der Waals surface area contributed by atoms with Gasteiger partial charge in [0.15, 0.2) is 0 Å². The molecule has 10 nitrogen and oxygen atoms in total. The van der Waals surface area contributed by atoms with Gasteiger partial charge in [0.05, 0.1) is 6.04 Å². The van der Waals surface area contributed by atoms with Crippen LogP contribution in [0.5, 0.6) is 5.75 Å². The Morgan fingerprint density at radius 1 is 1.17 bits per heavy atom. The maximum atomic E-state index is 12.7. The van der Waals surface area contributed by atoms with E-state index in [2.05, 4.69) is 5.32 Å². The van der Waals surface area contributed by atoms with Crippen LogP contribution in [0.1, 0.15) is 31.2 Å². The van der Waals surface area contributed by atoms with E-state index in [1.54, 1.807) is 12.1 Å². The number of aliphatic carboxylic acids is 2. The number of phenolic OH excluding ortho intramolecular Hbond substituents is 1. The van der Waals surface area contributed by atoms with Gasteiger partial charge in [0.1, 0.15) is 17.8 Å². The molecule has 1 aliphatic rings. The first kappa shape index (κ1) is 22.2. The molecule has 29 heavy (non-hydrogen) atoms. The van der Waals surface area contributed by atoms with Crippen LogP contribution >= 0.6 is 0 Å². The normalized spacial score (nSPS) is 18.1. The third-order valence-corrected chi connectivity index (χ3v) is 4.81. The summed E-state index contributed by atoms with van der Waals surface area (Å²) in [7, 11) is 0. The minimum Gasteiger partial charge on any atom is -0.508 e. The first-order chi connectivity index (χ1) is 13.7. The van der Waals surface area contributed by atoms with Crippen LogP contribution in [-0.4, -0.2) is 68.6 Å². The summed E-state index contributed by atoms with van der Waals surface area (Å²) in [6.07, 6.45) is 0.511. The van der Waals surface area contributed by atoms with Crippen molar-refractivity contribution >= 4 is 23.8 Å². The molecule has 0 bridgehead atoms. The number of rotatable bonds is 9. The number of carbonyl (C=O) groups is 4. The molecule has 6 N–H and O–H groups in total. The molecule has 0 spiro atoms. The van der Waals surface area contributed by atoms with Crippen molar-refractivity contribution in [2.45, 2.75) is 50.2 Å². The number of nitrogens with one attached hydrogen (secondary N) is 1. The van der Waals surface area contributed by atoms with Gasteiger partial charge in [-0.2, -0.15) is 0 Å². The second-order valence-electron chi connectivity index (χ2n) is 7.00. The summed E-state index contributed by atoms with van der Waals surface area (Å²) >= 11 is 0. The van der Waals surface area contributed by atoms with Gasteiger partial charge in [-0.25, -0.2) is 4.79 Å². The monoisotopic (exact) mass is 407 g/mol. The number of carbonyl (C=O) groups excluding carboxylic acids is 2. The minimum absolute atomic E-state index is 0.0980. The van der Waals surface area contributed by atoms with Gasteiger partial charge < -0.3 is 31.3 Å². The molecule has 0 radical (unpaired) electrons. The van der Waals surface area contributed by atoms with Crippen LogP contribution in [0.4, 0.5) is 0 Å². The van der Waals surface area contributed by atoms with Gasteiger partial charge in [-0.15, -0.1) is 0 Å². The Hall–Kier alpha value is -3.14. The molecule has 158 valence electrons. The number of hydrogen-bond acceptors (Lipinski definition) is 6. The second-order valence-corrected chi connectivity index (χ2v) is 7.00. The molecule has 1 aromatic rings. The highest BCUT2D eigenvalue weighted by Gasteiger charge is 2.37. The van der Waals surface area contributed by atoms with Crippen molar-refractivity contribution in [3.63, 3.8) is 0 Å². The molecule has 3 unspecified atom stereocenters. The summed E-state index contributed by atoms with van der Waals surface area (Å²) in [5, 5.41) is 29.6. The number of carboxylic acid groups (broad SMARTS) is 2. The standard InChI is InChI=1S/C19H25N3O7/c20-13(10-11-3-5-12(23)6-4-11)18(27)22-9-1-2-15(22)17(26)21-14(19(28)29)7-8-16(24)25/h3-6,13-15,23H,1-2,7-10,20H2,(H,21,26)(H,24,25)(H,28,29). The number of carboxylic acids is 2. The first-order valence-electron chi connectivity index (χ1n) is 9.28. The van der Waals surface area contributed by atoms with E-state index in [0.29, 0.717) is 19.4 Å². The third-order valence-electron chi connectivity index (χ3n) is 4.81. The van der Waals surface area contributed by atoms with Crippen LogP contribution in [0, 0.1) is 0 Å². The van der Waals surface area contributed by atoms with E-state index in [1.807, 2.05) is 0 Å². The molecular weight excluding hydrogens is 382 g/mol. The summed E-state index contributed by atoms with van der Waals surface area (Å²) in [6.45, 7) is 0.326. The van der Waals surface area contributed by atoms with Crippen molar-refractivity contribution in [2.75, 3.05) is 6.54 Å². The highest BCUT2D eigenvalue weighted by molar-refractivity contribution is 5.92. The van der Waals surface area contributed by atoms with E-state index < -0.39 is 48.3 Å². The van der Waals surface area contributed by atoms with Crippen LogP contribution in [0.25, 0.3) is 0 Å². The van der Waals surface area contributed by atoms with Gasteiger partial charge in [0.25, 0.3) is 0 Å². The van der Waals surface area contributed by atoms with Crippen molar-refractivity contribution in [2.24, 2.45) is 5.73 Å². The first-order valence-corrected chi connectivity index (χ1v) is 9.28. The van der Waals surface area contributed by atoms with Crippen molar-refractivity contribution in [1.82, 2.24) is 10.2 Å². The lowest BCUT2D eigenvalue weighted by Crippen LogP contribution is -2.54. The summed E-state index contributed by atoms with van der Waals surface area (Å²) in [5.74, 6) is -3.46. The number of phenols is 1. The molecule has 10 heteroatoms. The molecule has 1 fully saturated rings. The van der Waals surface area contributed by atoms with E-state index in [9.17, 15) is 29.4 Å². The highest BCUT2D eigenvalue weighted by Crippen LogP contribution is 2.20. The molecule has 1 heterocycles. The summed E-state index contributed by atoms with van der Waals surface area (Å²) in [6, 6.07) is 3.19. The van der Waals surface area contributed by atoms with E-state index in [-0.39, 0.29) is 18.6 Å². The van der Waals surface area contributed by atoms with E-state index >= 15 is 0 Å². The van der Waals surface area contributed by atoms with Crippen LogP contribution in [0.15, 0.2) is 24.3 Å². The maximum absolute atomic E-state index is 12.7. The number of likely N-dealkylation sites (tertiary alicyclic amines) is 1. The van der Waals surface area contributed by atoms with Gasteiger partial charge in [0, 0.05) is 13.0 Å². The minimum atomic E-state index is -1.35. The Morgan fingerprint density at radius 3 is 2.41 bits per heavy atom. The largest absolute Gasteiger partial charge is 0.508 e. The Kier molecular flexibility index (Phi) is 7.54. The van der Waals surface area contributed by atoms with Gasteiger partial charge >= 0.3 is 11.9 Å². The number of benzene rings is 1. The Labute approximate surface area is 167 Å². The predicted octanol–water partition coefficient (Wildman–Crippen LogP) is -0.313.